The Morgan fingerprint density at radius 2 is 1.15 bits per heavy atom. The quantitative estimate of drug-likeness (QED) is 0.272. The molecule has 0 radical (unpaired) electrons. The van der Waals surface area contributed by atoms with Crippen LogP contribution in [0.25, 0.3) is 0 Å². The fourth-order valence-electron chi connectivity index (χ4n) is 1.19. The third-order valence-corrected chi connectivity index (χ3v) is 3.46. The van der Waals surface area contributed by atoms with Gasteiger partial charge in [0.25, 0.3) is 0 Å². The molecular weight excluding hydrogens is 429 g/mol. The summed E-state index contributed by atoms with van der Waals surface area (Å²) >= 11 is -0.523. The van der Waals surface area contributed by atoms with E-state index >= 15 is 0 Å². The van der Waals surface area contributed by atoms with Crippen LogP contribution in [0.4, 0.5) is 43.9 Å². The predicted octanol–water partition coefficient (Wildman–Crippen LogP) is 4.34. The maximum Gasteiger partial charge on any atom is 0.387 e. The third kappa shape index (κ3) is 2.08. The van der Waals surface area contributed by atoms with E-state index in [9.17, 15) is 43.9 Å². The van der Waals surface area contributed by atoms with Crippen molar-refractivity contribution >= 4 is 22.6 Å². The topological polar surface area (TPSA) is 12.5 Å². The second-order valence-electron chi connectivity index (χ2n) is 4.31. The van der Waals surface area contributed by atoms with Crippen molar-refractivity contribution in [3.63, 3.8) is 0 Å². The first-order chi connectivity index (χ1) is 8.46. The lowest BCUT2D eigenvalue weighted by atomic mass is 9.91. The van der Waals surface area contributed by atoms with Crippen molar-refractivity contribution < 1.29 is 48.6 Å². The minimum atomic E-state index is -7.00. The molecule has 0 aromatic carbocycles. The maximum atomic E-state index is 13.2. The fraction of sp³-hybridized carbons (Fsp3) is 1.00. The summed E-state index contributed by atoms with van der Waals surface area (Å²) in [5, 5.41) is 0. The van der Waals surface area contributed by atoms with Crippen molar-refractivity contribution in [2.75, 3.05) is 6.61 Å². The number of epoxide rings is 1. The van der Waals surface area contributed by atoms with Crippen LogP contribution in [0.3, 0.4) is 0 Å². The van der Waals surface area contributed by atoms with Gasteiger partial charge in [-0.2, -0.15) is 43.9 Å². The van der Waals surface area contributed by atoms with E-state index in [4.69, 9.17) is 0 Å². The highest BCUT2D eigenvalue weighted by Gasteiger charge is 2.89. The van der Waals surface area contributed by atoms with Crippen LogP contribution in [0, 0.1) is 0 Å². The molecule has 1 aliphatic rings. The van der Waals surface area contributed by atoms with E-state index in [2.05, 4.69) is 4.74 Å². The first-order valence-corrected chi connectivity index (χ1v) is 5.75. The number of alkyl halides is 11. The molecule has 1 fully saturated rings. The Morgan fingerprint density at radius 3 is 1.40 bits per heavy atom. The molecule has 1 nitrogen and oxygen atoms in total. The standard InChI is InChI=1S/C8H5F10IO/c1-3(2-20-3)4(9,10)5(11,12)6(13,14)7(15,16)8(17,18)19/h2H2,1H3. The van der Waals surface area contributed by atoms with Crippen molar-refractivity contribution in [3.05, 3.63) is 0 Å². The summed E-state index contributed by atoms with van der Waals surface area (Å²) in [7, 11) is 0. The summed E-state index contributed by atoms with van der Waals surface area (Å²) in [5.74, 6) is -26.2. The second kappa shape index (κ2) is 4.26. The van der Waals surface area contributed by atoms with Crippen molar-refractivity contribution in [1.29, 1.82) is 0 Å². The Balaban J connectivity index is 3.33. The van der Waals surface area contributed by atoms with E-state index in [1.807, 2.05) is 0 Å². The van der Waals surface area contributed by atoms with Crippen LogP contribution in [-0.2, 0) is 4.74 Å². The molecular formula is C8H5F10IO. The molecule has 1 atom stereocenters. The highest BCUT2D eigenvalue weighted by atomic mass is 127. The van der Waals surface area contributed by atoms with Gasteiger partial charge in [-0.25, -0.2) is 0 Å². The van der Waals surface area contributed by atoms with E-state index < -0.39 is 62.4 Å². The fourth-order valence-corrected chi connectivity index (χ4v) is 1.53. The van der Waals surface area contributed by atoms with E-state index in [-0.39, 0.29) is 6.92 Å². The maximum absolute atomic E-state index is 13.2. The van der Waals surface area contributed by atoms with Gasteiger partial charge in [0.05, 0.1) is 6.61 Å². The van der Waals surface area contributed by atoms with Gasteiger partial charge in [0.2, 0.25) is 0 Å². The average Bonchev–Trinajstić information content (AvgIpc) is 2.95. The van der Waals surface area contributed by atoms with E-state index in [1.54, 1.807) is 0 Å². The normalized spacial score (nSPS) is 25.8. The summed E-state index contributed by atoms with van der Waals surface area (Å²) in [5.41, 5.74) is -3.11. The van der Waals surface area contributed by atoms with E-state index in [0.717, 1.165) is 0 Å². The van der Waals surface area contributed by atoms with Crippen LogP contribution in [0.5, 0.6) is 0 Å². The number of hydrogen-bond acceptors (Lipinski definition) is 1. The molecule has 1 heterocycles. The summed E-state index contributed by atoms with van der Waals surface area (Å²) in [6, 6.07) is 0. The molecule has 0 bridgehead atoms. The first kappa shape index (κ1) is 18.0. The third-order valence-electron chi connectivity index (χ3n) is 2.78. The van der Waals surface area contributed by atoms with Gasteiger partial charge in [0.1, 0.15) is 0 Å². The van der Waals surface area contributed by atoms with Crippen LogP contribution < -0.4 is 0 Å². The van der Waals surface area contributed by atoms with Crippen LogP contribution in [0.1, 0.15) is 6.92 Å². The predicted molar refractivity (Wildman–Crippen MR) is 53.1 cm³/mol. The van der Waals surface area contributed by atoms with Crippen LogP contribution in [-0.4, -0.2) is 39.8 Å². The molecule has 1 aliphatic heterocycles. The molecule has 1 rings (SSSR count). The molecule has 12 heteroatoms. The Hall–Kier alpha value is -0.0100. The smallest absolute Gasteiger partial charge is 0.363 e. The summed E-state index contributed by atoms with van der Waals surface area (Å²) < 4.78 is 127. The largest absolute Gasteiger partial charge is 0.387 e. The van der Waals surface area contributed by atoms with Crippen LogP contribution in [0.2, 0.25) is 0 Å². The number of hydrogen-bond donors (Lipinski definition) is 0. The van der Waals surface area contributed by atoms with Gasteiger partial charge in [0.15, 0.2) is 5.60 Å². The van der Waals surface area contributed by atoms with Gasteiger partial charge in [-0.3, -0.25) is 0 Å². The zero-order valence-electron chi connectivity index (χ0n) is 9.27. The lowest BCUT2D eigenvalue weighted by Crippen LogP contribution is -2.68. The van der Waals surface area contributed by atoms with Crippen LogP contribution >= 0.6 is 22.6 Å². The molecule has 120 valence electrons. The van der Waals surface area contributed by atoms with Crippen molar-refractivity contribution in [1.82, 2.24) is 0 Å². The monoisotopic (exact) mass is 434 g/mol. The Kier molecular flexibility index (Phi) is 3.84. The van der Waals surface area contributed by atoms with Gasteiger partial charge in [-0.15, -0.1) is 0 Å². The zero-order valence-corrected chi connectivity index (χ0v) is 11.4. The minimum absolute atomic E-state index is 0.275. The summed E-state index contributed by atoms with van der Waals surface area (Å²) in [6.07, 6.45) is 0. The molecule has 20 heavy (non-hydrogen) atoms. The molecule has 0 spiro atoms. The number of ether oxygens (including phenoxy) is 1. The molecule has 1 unspecified atom stereocenters. The number of rotatable bonds is 5. The van der Waals surface area contributed by atoms with Crippen molar-refractivity contribution in [3.8, 4) is 0 Å². The van der Waals surface area contributed by atoms with Gasteiger partial charge in [-0.1, -0.05) is 0 Å². The van der Waals surface area contributed by atoms with Crippen molar-refractivity contribution in [2.45, 2.75) is 40.1 Å². The lowest BCUT2D eigenvalue weighted by Gasteiger charge is -2.39. The SMILES string of the molecule is CC1(C(F)(F)C(F)(F)C(F)(F)C(F)(F)C(F)(F)I)CO1. The van der Waals surface area contributed by atoms with Crippen LogP contribution in [0.15, 0.2) is 0 Å². The zero-order chi connectivity index (χ0) is 16.4. The second-order valence-corrected chi connectivity index (χ2v) is 5.67. The highest BCUT2D eigenvalue weighted by molar-refractivity contribution is 14.1. The molecule has 0 N–H and O–H groups in total. The lowest BCUT2D eigenvalue weighted by molar-refractivity contribution is -0.393. The minimum Gasteiger partial charge on any atom is -0.363 e. The average molecular weight is 434 g/mol. The molecule has 0 aromatic heterocycles. The number of halogens is 11. The molecule has 0 aliphatic carbocycles. The Morgan fingerprint density at radius 1 is 0.800 bits per heavy atom. The molecule has 1 saturated heterocycles. The van der Waals surface area contributed by atoms with E-state index in [1.165, 1.54) is 0 Å². The Labute approximate surface area is 118 Å². The van der Waals surface area contributed by atoms with Gasteiger partial charge in [0, 0.05) is 22.6 Å². The van der Waals surface area contributed by atoms with Gasteiger partial charge < -0.3 is 4.74 Å². The summed E-state index contributed by atoms with van der Waals surface area (Å²) in [4.78, 5) is 0. The molecule has 0 saturated carbocycles. The molecule has 0 aromatic rings. The highest BCUT2D eigenvalue weighted by Crippen LogP contribution is 2.62. The summed E-state index contributed by atoms with van der Waals surface area (Å²) in [6.45, 7) is -0.824. The van der Waals surface area contributed by atoms with Gasteiger partial charge >= 0.3 is 27.6 Å². The first-order valence-electron chi connectivity index (χ1n) is 4.68. The van der Waals surface area contributed by atoms with E-state index in [0.29, 0.717) is 0 Å². The molecule has 0 amide bonds. The van der Waals surface area contributed by atoms with Crippen molar-refractivity contribution in [2.24, 2.45) is 0 Å². The Bertz CT molecular complexity index is 369. The van der Waals surface area contributed by atoms with Gasteiger partial charge in [-0.05, 0) is 6.92 Å².